The van der Waals surface area contributed by atoms with Gasteiger partial charge in [0.25, 0.3) is 0 Å². The maximum Gasteiger partial charge on any atom is 0.311 e. The highest BCUT2D eigenvalue weighted by Gasteiger charge is 2.55. The van der Waals surface area contributed by atoms with Crippen molar-refractivity contribution in [2.45, 2.75) is 57.9 Å². The van der Waals surface area contributed by atoms with E-state index in [2.05, 4.69) is 11.8 Å². The Hall–Kier alpha value is -1.10. The number of aliphatic carboxylic acids is 1. The van der Waals surface area contributed by atoms with Gasteiger partial charge in [-0.05, 0) is 44.4 Å². The summed E-state index contributed by atoms with van der Waals surface area (Å²) in [5, 5.41) is 9.63. The molecule has 1 unspecified atom stereocenters. The smallest absolute Gasteiger partial charge is 0.311 e. The average Bonchev–Trinajstić information content (AvgIpc) is 3.04. The van der Waals surface area contributed by atoms with Crippen LogP contribution in [0.25, 0.3) is 0 Å². The zero-order valence-electron chi connectivity index (χ0n) is 13.6. The first-order valence-corrected chi connectivity index (χ1v) is 8.82. The molecule has 1 aliphatic carbocycles. The van der Waals surface area contributed by atoms with Crippen LogP contribution < -0.4 is 0 Å². The van der Waals surface area contributed by atoms with Gasteiger partial charge in [0.1, 0.15) is 0 Å². The largest absolute Gasteiger partial charge is 0.481 e. The fourth-order valence-electron chi connectivity index (χ4n) is 4.90. The van der Waals surface area contributed by atoms with Crippen LogP contribution in [0.1, 0.15) is 51.9 Å². The molecule has 3 atom stereocenters. The number of carbonyl (C=O) groups is 2. The summed E-state index contributed by atoms with van der Waals surface area (Å²) in [5.41, 5.74) is -0.577. The number of hydrogen-bond acceptors (Lipinski definition) is 3. The highest BCUT2D eigenvalue weighted by molar-refractivity contribution is 5.80. The van der Waals surface area contributed by atoms with Crippen LogP contribution in [0.15, 0.2) is 0 Å². The van der Waals surface area contributed by atoms with Gasteiger partial charge in [-0.25, -0.2) is 0 Å². The predicted octanol–water partition coefficient (Wildman–Crippen LogP) is 1.96. The quantitative estimate of drug-likeness (QED) is 0.862. The van der Waals surface area contributed by atoms with Crippen molar-refractivity contribution < 1.29 is 14.7 Å². The lowest BCUT2D eigenvalue weighted by Gasteiger charge is -2.36. The molecule has 22 heavy (non-hydrogen) atoms. The van der Waals surface area contributed by atoms with E-state index in [1.165, 1.54) is 6.42 Å². The number of hydrogen-bond donors (Lipinski definition) is 1. The third-order valence-electron chi connectivity index (χ3n) is 6.14. The van der Waals surface area contributed by atoms with E-state index in [9.17, 15) is 14.7 Å². The molecule has 3 rings (SSSR count). The Bertz CT molecular complexity index is 453. The zero-order chi connectivity index (χ0) is 15.7. The van der Waals surface area contributed by atoms with E-state index < -0.39 is 11.4 Å². The third-order valence-corrected chi connectivity index (χ3v) is 6.14. The Morgan fingerprint density at radius 3 is 2.73 bits per heavy atom. The van der Waals surface area contributed by atoms with Crippen LogP contribution >= 0.6 is 0 Å². The lowest BCUT2D eigenvalue weighted by atomic mass is 9.81. The normalized spacial score (nSPS) is 35.6. The second-order valence-electron chi connectivity index (χ2n) is 7.37. The Kier molecular flexibility index (Phi) is 4.44. The van der Waals surface area contributed by atoms with E-state index in [1.54, 1.807) is 0 Å². The standard InChI is InChI=1S/C17H28N2O3/c1-2-14-7-3-4-9-19(14)15(20)11-18-10-13-6-5-8-17(13,12-18)16(21)22/h13-14H,2-12H2,1H3,(H,21,22)/t13-,14?,17+/m0/s1. The lowest BCUT2D eigenvalue weighted by molar-refractivity contribution is -0.149. The summed E-state index contributed by atoms with van der Waals surface area (Å²) >= 11 is 0. The van der Waals surface area contributed by atoms with Crippen molar-refractivity contribution in [3.8, 4) is 0 Å². The minimum absolute atomic E-state index is 0.201. The highest BCUT2D eigenvalue weighted by Crippen LogP contribution is 2.48. The molecule has 0 spiro atoms. The van der Waals surface area contributed by atoms with Crippen LogP contribution in [-0.4, -0.2) is 59.0 Å². The number of carboxylic acids is 1. The Labute approximate surface area is 132 Å². The van der Waals surface area contributed by atoms with E-state index in [1.807, 2.05) is 4.90 Å². The number of carboxylic acid groups (broad SMARTS) is 1. The van der Waals surface area contributed by atoms with Crippen molar-refractivity contribution >= 4 is 11.9 Å². The first kappa shape index (κ1) is 15.8. The minimum Gasteiger partial charge on any atom is -0.481 e. The van der Waals surface area contributed by atoms with Gasteiger partial charge in [0.15, 0.2) is 0 Å². The van der Waals surface area contributed by atoms with Gasteiger partial charge in [-0.15, -0.1) is 0 Å². The van der Waals surface area contributed by atoms with E-state index in [4.69, 9.17) is 0 Å². The van der Waals surface area contributed by atoms with Crippen LogP contribution in [-0.2, 0) is 9.59 Å². The molecule has 2 saturated heterocycles. The number of amides is 1. The van der Waals surface area contributed by atoms with Crippen molar-refractivity contribution in [1.82, 2.24) is 9.80 Å². The Balaban J connectivity index is 1.62. The van der Waals surface area contributed by atoms with Crippen LogP contribution in [0.5, 0.6) is 0 Å². The van der Waals surface area contributed by atoms with Crippen LogP contribution in [0.4, 0.5) is 0 Å². The summed E-state index contributed by atoms with van der Waals surface area (Å²) in [4.78, 5) is 28.5. The second kappa shape index (κ2) is 6.19. The Morgan fingerprint density at radius 1 is 1.23 bits per heavy atom. The number of piperidine rings is 1. The number of nitrogens with zero attached hydrogens (tertiary/aromatic N) is 2. The second-order valence-corrected chi connectivity index (χ2v) is 7.37. The minimum atomic E-state index is -0.658. The van der Waals surface area contributed by atoms with Crippen molar-refractivity contribution in [2.75, 3.05) is 26.2 Å². The molecule has 0 aromatic carbocycles. The molecule has 0 bridgehead atoms. The summed E-state index contributed by atoms with van der Waals surface area (Å²) in [6.45, 7) is 4.77. The molecule has 1 saturated carbocycles. The number of likely N-dealkylation sites (tertiary alicyclic amines) is 2. The summed E-state index contributed by atoms with van der Waals surface area (Å²) in [5.74, 6) is -0.220. The fourth-order valence-corrected chi connectivity index (χ4v) is 4.90. The van der Waals surface area contributed by atoms with Gasteiger partial charge in [0, 0.05) is 25.7 Å². The molecule has 0 radical (unpaired) electrons. The molecule has 124 valence electrons. The maximum atomic E-state index is 12.7. The molecule has 3 aliphatic rings. The average molecular weight is 308 g/mol. The van der Waals surface area contributed by atoms with Gasteiger partial charge in [-0.3, -0.25) is 14.5 Å². The van der Waals surface area contributed by atoms with E-state index in [0.29, 0.717) is 19.1 Å². The summed E-state index contributed by atoms with van der Waals surface area (Å²) < 4.78 is 0. The van der Waals surface area contributed by atoms with Gasteiger partial charge in [-0.2, -0.15) is 0 Å². The molecule has 5 nitrogen and oxygen atoms in total. The van der Waals surface area contributed by atoms with Crippen LogP contribution in [0, 0.1) is 11.3 Å². The number of rotatable bonds is 4. The van der Waals surface area contributed by atoms with Crippen molar-refractivity contribution in [3.05, 3.63) is 0 Å². The highest BCUT2D eigenvalue weighted by atomic mass is 16.4. The molecule has 0 aromatic rings. The Morgan fingerprint density at radius 2 is 2.05 bits per heavy atom. The lowest BCUT2D eigenvalue weighted by Crippen LogP contribution is -2.48. The third kappa shape index (κ3) is 2.64. The first-order chi connectivity index (χ1) is 10.6. The van der Waals surface area contributed by atoms with Gasteiger partial charge in [0.2, 0.25) is 5.91 Å². The van der Waals surface area contributed by atoms with E-state index >= 15 is 0 Å². The predicted molar refractivity (Wildman–Crippen MR) is 83.5 cm³/mol. The van der Waals surface area contributed by atoms with Gasteiger partial charge in [-0.1, -0.05) is 13.3 Å². The molecule has 5 heteroatoms. The SMILES string of the molecule is CCC1CCCCN1C(=O)CN1C[C@@H]2CCC[C@@]2(C(=O)O)C1. The van der Waals surface area contributed by atoms with Gasteiger partial charge in [0.05, 0.1) is 12.0 Å². The van der Waals surface area contributed by atoms with Gasteiger partial charge >= 0.3 is 5.97 Å². The molecule has 2 aliphatic heterocycles. The summed E-state index contributed by atoms with van der Waals surface area (Å²) in [7, 11) is 0. The molecule has 1 amide bonds. The van der Waals surface area contributed by atoms with Gasteiger partial charge < -0.3 is 10.0 Å². The van der Waals surface area contributed by atoms with Crippen LogP contribution in [0.2, 0.25) is 0 Å². The monoisotopic (exact) mass is 308 g/mol. The molecule has 0 aromatic heterocycles. The summed E-state index contributed by atoms with van der Waals surface area (Å²) in [6, 6.07) is 0.386. The molecular formula is C17H28N2O3. The zero-order valence-corrected chi connectivity index (χ0v) is 13.6. The number of fused-ring (bicyclic) bond motifs is 1. The molecule has 3 fully saturated rings. The molecule has 1 N–H and O–H groups in total. The molecule has 2 heterocycles. The first-order valence-electron chi connectivity index (χ1n) is 8.82. The molecular weight excluding hydrogens is 280 g/mol. The van der Waals surface area contributed by atoms with E-state index in [-0.39, 0.29) is 11.8 Å². The van der Waals surface area contributed by atoms with E-state index in [0.717, 1.165) is 51.6 Å². The van der Waals surface area contributed by atoms with Crippen molar-refractivity contribution in [3.63, 3.8) is 0 Å². The maximum absolute atomic E-state index is 12.7. The topological polar surface area (TPSA) is 60.9 Å². The van der Waals surface area contributed by atoms with Crippen LogP contribution in [0.3, 0.4) is 0 Å². The fraction of sp³-hybridized carbons (Fsp3) is 0.882. The van der Waals surface area contributed by atoms with Crippen molar-refractivity contribution in [1.29, 1.82) is 0 Å². The summed E-state index contributed by atoms with van der Waals surface area (Å²) in [6.07, 6.45) is 7.25. The van der Waals surface area contributed by atoms with Crippen molar-refractivity contribution in [2.24, 2.45) is 11.3 Å². The number of carbonyl (C=O) groups excluding carboxylic acids is 1.